The van der Waals surface area contributed by atoms with Crippen LogP contribution in [0.1, 0.15) is 0 Å². The van der Waals surface area contributed by atoms with Gasteiger partial charge in [0.1, 0.15) is 0 Å². The highest BCUT2D eigenvalue weighted by atomic mass is 19.4. The van der Waals surface area contributed by atoms with Crippen LogP contribution in [0.25, 0.3) is 0 Å². The van der Waals surface area contributed by atoms with Crippen molar-refractivity contribution in [1.29, 1.82) is 0 Å². The Hall–Kier alpha value is -1.39. The van der Waals surface area contributed by atoms with E-state index in [1.54, 1.807) is 0 Å². The summed E-state index contributed by atoms with van der Waals surface area (Å²) in [6.07, 6.45) is -5.08. The third kappa shape index (κ3) is 22.4. The molecule has 10 heteroatoms. The van der Waals surface area contributed by atoms with Crippen LogP contribution in [0, 0.1) is 0 Å². The normalized spacial score (nSPS) is 8.29. The Morgan fingerprint density at radius 2 is 1.29 bits per heavy atom. The molecule has 0 amide bonds. The molecule has 0 fully saturated rings. The molecule has 0 rings (SSSR count). The summed E-state index contributed by atoms with van der Waals surface area (Å²) in [5.41, 5.74) is 4.57. The van der Waals surface area contributed by atoms with Crippen LogP contribution in [0.2, 0.25) is 0 Å². The number of hydrogen-bond donors (Lipinski definition) is 5. The van der Waals surface area contributed by atoms with Crippen LogP contribution in [0.3, 0.4) is 0 Å². The molecule has 7 nitrogen and oxygen atoms in total. The molecule has 88 valence electrons. The summed E-state index contributed by atoms with van der Waals surface area (Å²) in [6, 6.07) is 0. The zero-order valence-corrected chi connectivity index (χ0v) is 7.04. The summed E-state index contributed by atoms with van der Waals surface area (Å²) in [5.74, 6) is -3.72. The van der Waals surface area contributed by atoms with E-state index in [1.165, 1.54) is 0 Å². The van der Waals surface area contributed by atoms with Gasteiger partial charge in [0.25, 0.3) is 0 Å². The Labute approximate surface area is 76.9 Å². The van der Waals surface area contributed by atoms with Gasteiger partial charge in [-0.25, -0.2) is 4.79 Å². The minimum Gasteiger partial charge on any atom is -0.480 e. The van der Waals surface area contributed by atoms with Gasteiger partial charge in [0.05, 0.1) is 6.54 Å². The predicted octanol–water partition coefficient (Wildman–Crippen LogP) is -0.0130. The number of alkyl halides is 3. The topological polar surface area (TPSA) is 171 Å². The van der Waals surface area contributed by atoms with E-state index < -0.39 is 18.1 Å². The van der Waals surface area contributed by atoms with Gasteiger partial charge in [-0.3, -0.25) is 4.79 Å². The zero-order chi connectivity index (χ0) is 10.4. The first-order valence-corrected chi connectivity index (χ1v) is 2.43. The Morgan fingerprint density at radius 3 is 1.29 bits per heavy atom. The number of hydrogen-bond acceptors (Lipinski definition) is 5. The number of aliphatic carboxylic acids is 2. The summed E-state index contributed by atoms with van der Waals surface area (Å²) in [4.78, 5) is 18.1. The first-order valence-electron chi connectivity index (χ1n) is 2.43. The van der Waals surface area contributed by atoms with Crippen LogP contribution in [0.5, 0.6) is 0 Å². The van der Waals surface area contributed by atoms with Crippen molar-refractivity contribution in [3.8, 4) is 0 Å². The molecule has 0 aliphatic carbocycles. The minimum absolute atomic E-state index is 0. The van der Waals surface area contributed by atoms with E-state index in [0.717, 1.165) is 0 Å². The van der Waals surface area contributed by atoms with Gasteiger partial charge in [-0.2, -0.15) is 13.2 Å². The Balaban J connectivity index is -0.0000000651. The fraction of sp³-hybridized carbons (Fsp3) is 0.500. The average Bonchev–Trinajstić information content (AvgIpc) is 1.87. The summed E-state index contributed by atoms with van der Waals surface area (Å²) in [6.45, 7) is -0.278. The van der Waals surface area contributed by atoms with Crippen LogP contribution >= 0.6 is 0 Å². The monoisotopic (exact) mass is 223 g/mol. The van der Waals surface area contributed by atoms with E-state index in [2.05, 4.69) is 5.73 Å². The maximum atomic E-state index is 10.6. The fourth-order valence-electron chi connectivity index (χ4n) is 0. The Morgan fingerprint density at radius 1 is 1.14 bits per heavy atom. The van der Waals surface area contributed by atoms with Crippen molar-refractivity contribution in [1.82, 2.24) is 12.3 Å². The molecule has 14 heavy (non-hydrogen) atoms. The molecule has 0 unspecified atom stereocenters. The van der Waals surface area contributed by atoms with E-state index in [0.29, 0.717) is 0 Å². The molecule has 0 spiro atoms. The predicted molar refractivity (Wildman–Crippen MR) is 40.4 cm³/mol. The molecule has 0 aromatic rings. The van der Waals surface area contributed by atoms with Gasteiger partial charge in [-0.15, -0.1) is 0 Å². The van der Waals surface area contributed by atoms with Crippen LogP contribution in [0.4, 0.5) is 13.2 Å². The van der Waals surface area contributed by atoms with Crippen molar-refractivity contribution in [3.05, 3.63) is 0 Å². The summed E-state index contributed by atoms with van der Waals surface area (Å²) >= 11 is 0. The van der Waals surface area contributed by atoms with E-state index in [4.69, 9.17) is 15.0 Å². The average molecular weight is 223 g/mol. The van der Waals surface area contributed by atoms with Crippen molar-refractivity contribution in [2.24, 2.45) is 5.73 Å². The SMILES string of the molecule is N.N.NCC(=O)O.O=C(O)C(F)(F)F. The van der Waals surface area contributed by atoms with E-state index in [1.807, 2.05) is 0 Å². The maximum Gasteiger partial charge on any atom is 0.490 e. The molecule has 0 aromatic carbocycles. The van der Waals surface area contributed by atoms with Crippen molar-refractivity contribution in [2.45, 2.75) is 6.18 Å². The third-order valence-electron chi connectivity index (χ3n) is 0.417. The highest BCUT2D eigenvalue weighted by molar-refractivity contribution is 5.73. The number of halogens is 3. The standard InChI is InChI=1S/C2HF3O2.C2H5NO2.2H3N/c3-2(4,5)1(6)7;3-1-2(4)5;;/h(H,6,7);1,3H2,(H,4,5);2*1H3. The number of carboxylic acids is 2. The van der Waals surface area contributed by atoms with Gasteiger partial charge >= 0.3 is 18.1 Å². The Bertz CT molecular complexity index is 172. The summed E-state index contributed by atoms with van der Waals surface area (Å²) in [7, 11) is 0. The number of carboxylic acid groups (broad SMARTS) is 2. The summed E-state index contributed by atoms with van der Waals surface area (Å²) in [5, 5.41) is 14.7. The first kappa shape index (κ1) is 22.9. The number of nitrogens with two attached hydrogens (primary N) is 1. The van der Waals surface area contributed by atoms with Gasteiger partial charge in [0.2, 0.25) is 0 Å². The third-order valence-corrected chi connectivity index (χ3v) is 0.417. The molecule has 0 bridgehead atoms. The smallest absolute Gasteiger partial charge is 0.480 e. The second kappa shape index (κ2) is 9.70. The van der Waals surface area contributed by atoms with Crippen LogP contribution < -0.4 is 18.0 Å². The maximum absolute atomic E-state index is 10.6. The highest BCUT2D eigenvalue weighted by Gasteiger charge is 2.38. The molecule has 0 aromatic heterocycles. The van der Waals surface area contributed by atoms with Gasteiger partial charge in [-0.05, 0) is 0 Å². The van der Waals surface area contributed by atoms with Gasteiger partial charge in [0.15, 0.2) is 0 Å². The van der Waals surface area contributed by atoms with Crippen LogP contribution in [-0.2, 0) is 9.59 Å². The molecular weight excluding hydrogens is 211 g/mol. The largest absolute Gasteiger partial charge is 0.490 e. The second-order valence-corrected chi connectivity index (χ2v) is 1.40. The Kier molecular flexibility index (Phi) is 15.9. The minimum atomic E-state index is -5.08. The molecule has 0 radical (unpaired) electrons. The molecule has 0 atom stereocenters. The molecule has 0 saturated carbocycles. The highest BCUT2D eigenvalue weighted by Crippen LogP contribution is 2.13. The zero-order valence-electron chi connectivity index (χ0n) is 7.04. The lowest BCUT2D eigenvalue weighted by molar-refractivity contribution is -0.192. The number of carbonyl (C=O) groups is 2. The van der Waals surface area contributed by atoms with E-state index in [-0.39, 0.29) is 18.8 Å². The van der Waals surface area contributed by atoms with Gasteiger partial charge in [-0.1, -0.05) is 0 Å². The lowest BCUT2D eigenvalue weighted by Crippen LogP contribution is -2.21. The quantitative estimate of drug-likeness (QED) is 0.415. The van der Waals surface area contributed by atoms with Crippen LogP contribution in [0.15, 0.2) is 0 Å². The van der Waals surface area contributed by atoms with E-state index >= 15 is 0 Å². The van der Waals surface area contributed by atoms with Crippen molar-refractivity contribution < 1.29 is 33.0 Å². The second-order valence-electron chi connectivity index (χ2n) is 1.40. The summed E-state index contributed by atoms with van der Waals surface area (Å²) < 4.78 is 31.7. The van der Waals surface area contributed by atoms with E-state index in [9.17, 15) is 18.0 Å². The molecule has 10 N–H and O–H groups in total. The van der Waals surface area contributed by atoms with Crippen molar-refractivity contribution in [2.75, 3.05) is 6.54 Å². The molecule has 0 heterocycles. The van der Waals surface area contributed by atoms with Crippen molar-refractivity contribution >= 4 is 11.9 Å². The first-order chi connectivity index (χ1) is 5.21. The molecule has 0 saturated heterocycles. The van der Waals surface area contributed by atoms with Crippen molar-refractivity contribution in [3.63, 3.8) is 0 Å². The van der Waals surface area contributed by atoms with Gasteiger partial charge < -0.3 is 28.2 Å². The molecule has 0 aliphatic rings. The number of rotatable bonds is 1. The molecular formula is C4H12F3N3O4. The molecule has 0 aliphatic heterocycles. The lowest BCUT2D eigenvalue weighted by Gasteiger charge is -1.93. The van der Waals surface area contributed by atoms with Gasteiger partial charge in [0, 0.05) is 0 Å². The van der Waals surface area contributed by atoms with Crippen LogP contribution in [-0.4, -0.2) is 34.9 Å². The fourth-order valence-corrected chi connectivity index (χ4v) is 0. The lowest BCUT2D eigenvalue weighted by atomic mass is 10.7.